The van der Waals surface area contributed by atoms with Crippen LogP contribution in [0.15, 0.2) is 10.9 Å². The van der Waals surface area contributed by atoms with Crippen molar-refractivity contribution in [2.45, 2.75) is 32.2 Å². The molecule has 0 aromatic carbocycles. The van der Waals surface area contributed by atoms with E-state index in [-0.39, 0.29) is 11.7 Å². The Labute approximate surface area is 85.3 Å². The van der Waals surface area contributed by atoms with Crippen LogP contribution in [0.2, 0.25) is 0 Å². The number of aromatic nitrogens is 2. The lowest BCUT2D eigenvalue weighted by atomic mass is 9.93. The summed E-state index contributed by atoms with van der Waals surface area (Å²) in [6.07, 6.45) is 3.83. The first kappa shape index (κ1) is 8.94. The van der Waals surface area contributed by atoms with Crippen LogP contribution in [0.1, 0.15) is 31.4 Å². The molecule has 3 nitrogen and oxygen atoms in total. The molecule has 1 aromatic rings. The minimum Gasteiger partial charge on any atom is -0.333 e. The van der Waals surface area contributed by atoms with Crippen molar-refractivity contribution >= 4 is 21.7 Å². The van der Waals surface area contributed by atoms with Crippen LogP contribution < -0.4 is 0 Å². The number of nitrogens with zero attached hydrogens (tertiary/aromatic N) is 2. The Bertz CT molecular complexity index is 345. The smallest absolute Gasteiger partial charge is 0.138 e. The van der Waals surface area contributed by atoms with E-state index < -0.39 is 0 Å². The molecule has 1 atom stereocenters. The number of hydrogen-bond acceptors (Lipinski definition) is 2. The van der Waals surface area contributed by atoms with E-state index in [1.165, 1.54) is 0 Å². The van der Waals surface area contributed by atoms with Crippen molar-refractivity contribution in [2.75, 3.05) is 0 Å². The van der Waals surface area contributed by atoms with E-state index in [4.69, 9.17) is 0 Å². The third-order valence-corrected chi connectivity index (χ3v) is 3.15. The minimum absolute atomic E-state index is 0.0469. The highest BCUT2D eigenvalue weighted by Crippen LogP contribution is 2.32. The van der Waals surface area contributed by atoms with Gasteiger partial charge in [-0.15, -0.1) is 0 Å². The van der Waals surface area contributed by atoms with E-state index in [0.717, 1.165) is 29.7 Å². The van der Waals surface area contributed by atoms with E-state index in [9.17, 15) is 4.79 Å². The molecule has 0 spiro atoms. The Hall–Kier alpha value is -0.640. The SMILES string of the molecule is CC(=O)C1CCCn2cnc(Br)c21. The molecule has 2 heterocycles. The average Bonchev–Trinajstić information content (AvgIpc) is 2.48. The van der Waals surface area contributed by atoms with Gasteiger partial charge in [0.2, 0.25) is 0 Å². The zero-order valence-corrected chi connectivity index (χ0v) is 9.04. The van der Waals surface area contributed by atoms with Gasteiger partial charge in [0.05, 0.1) is 17.9 Å². The van der Waals surface area contributed by atoms with Crippen molar-refractivity contribution in [3.05, 3.63) is 16.6 Å². The first-order chi connectivity index (χ1) is 6.20. The van der Waals surface area contributed by atoms with Gasteiger partial charge in [0.1, 0.15) is 10.4 Å². The van der Waals surface area contributed by atoms with Crippen molar-refractivity contribution in [2.24, 2.45) is 0 Å². The molecular weight excluding hydrogens is 232 g/mol. The summed E-state index contributed by atoms with van der Waals surface area (Å²) in [4.78, 5) is 15.5. The van der Waals surface area contributed by atoms with Crippen molar-refractivity contribution in [1.82, 2.24) is 9.55 Å². The van der Waals surface area contributed by atoms with Crippen molar-refractivity contribution in [3.63, 3.8) is 0 Å². The lowest BCUT2D eigenvalue weighted by Gasteiger charge is -2.22. The molecule has 0 amide bonds. The predicted octanol–water partition coefficient (Wildman–Crippen LogP) is 2.11. The number of Topliss-reactive ketones (excluding diaryl/α,β-unsaturated/α-hetero) is 1. The van der Waals surface area contributed by atoms with Crippen LogP contribution in [0.5, 0.6) is 0 Å². The fraction of sp³-hybridized carbons (Fsp3) is 0.556. The van der Waals surface area contributed by atoms with Gasteiger partial charge in [-0.25, -0.2) is 4.98 Å². The Morgan fingerprint density at radius 2 is 2.54 bits per heavy atom. The van der Waals surface area contributed by atoms with Gasteiger partial charge in [-0.2, -0.15) is 0 Å². The van der Waals surface area contributed by atoms with Crippen LogP contribution in [0.3, 0.4) is 0 Å². The Balaban J connectivity index is 2.46. The maximum absolute atomic E-state index is 11.3. The Morgan fingerprint density at radius 1 is 1.77 bits per heavy atom. The second-order valence-corrected chi connectivity index (χ2v) is 4.17. The minimum atomic E-state index is 0.0469. The molecule has 1 aliphatic heterocycles. The maximum atomic E-state index is 11.3. The molecule has 0 aliphatic carbocycles. The number of imidazole rings is 1. The molecule has 0 bridgehead atoms. The van der Waals surface area contributed by atoms with Crippen molar-refractivity contribution < 1.29 is 4.79 Å². The van der Waals surface area contributed by atoms with Crippen LogP contribution in [-0.4, -0.2) is 15.3 Å². The summed E-state index contributed by atoms with van der Waals surface area (Å²) in [5, 5.41) is 0. The van der Waals surface area contributed by atoms with Crippen LogP contribution in [-0.2, 0) is 11.3 Å². The second kappa shape index (κ2) is 3.25. The largest absolute Gasteiger partial charge is 0.333 e. The van der Waals surface area contributed by atoms with Gasteiger partial charge >= 0.3 is 0 Å². The number of fused-ring (bicyclic) bond motifs is 1. The summed E-state index contributed by atoms with van der Waals surface area (Å²) in [5.74, 6) is 0.285. The summed E-state index contributed by atoms with van der Waals surface area (Å²) in [7, 11) is 0. The normalized spacial score (nSPS) is 21.2. The predicted molar refractivity (Wildman–Crippen MR) is 52.6 cm³/mol. The van der Waals surface area contributed by atoms with Gasteiger partial charge in [-0.05, 0) is 35.7 Å². The van der Waals surface area contributed by atoms with Crippen LogP contribution in [0.4, 0.5) is 0 Å². The van der Waals surface area contributed by atoms with Gasteiger partial charge < -0.3 is 4.57 Å². The lowest BCUT2D eigenvalue weighted by Crippen LogP contribution is -2.20. The van der Waals surface area contributed by atoms with E-state index >= 15 is 0 Å². The highest BCUT2D eigenvalue weighted by molar-refractivity contribution is 9.10. The third kappa shape index (κ3) is 1.43. The number of rotatable bonds is 1. The molecule has 1 unspecified atom stereocenters. The number of carbonyl (C=O) groups excluding carboxylic acids is 1. The summed E-state index contributed by atoms with van der Waals surface area (Å²) in [6.45, 7) is 2.64. The standard InChI is InChI=1S/C9H11BrN2O/c1-6(13)7-3-2-4-12-5-11-9(10)8(7)12/h5,7H,2-4H2,1H3. The molecule has 0 radical (unpaired) electrons. The molecule has 1 aromatic heterocycles. The second-order valence-electron chi connectivity index (χ2n) is 3.42. The Kier molecular flexibility index (Phi) is 2.24. The Morgan fingerprint density at radius 3 is 3.23 bits per heavy atom. The molecule has 0 saturated carbocycles. The average molecular weight is 243 g/mol. The summed E-state index contributed by atoms with van der Waals surface area (Å²) in [5.41, 5.74) is 1.05. The fourth-order valence-corrected chi connectivity index (χ4v) is 2.48. The highest BCUT2D eigenvalue weighted by atomic mass is 79.9. The van der Waals surface area contributed by atoms with E-state index in [2.05, 4.69) is 25.5 Å². The van der Waals surface area contributed by atoms with Crippen LogP contribution in [0.25, 0.3) is 0 Å². The third-order valence-electron chi connectivity index (χ3n) is 2.54. The van der Waals surface area contributed by atoms with Gasteiger partial charge in [0, 0.05) is 6.54 Å². The molecular formula is C9H11BrN2O. The van der Waals surface area contributed by atoms with E-state index in [1.807, 2.05) is 0 Å². The molecule has 1 aliphatic rings. The molecule has 13 heavy (non-hydrogen) atoms. The first-order valence-corrected chi connectivity index (χ1v) is 5.20. The topological polar surface area (TPSA) is 34.9 Å². The van der Waals surface area contributed by atoms with Crippen LogP contribution >= 0.6 is 15.9 Å². The molecule has 70 valence electrons. The lowest BCUT2D eigenvalue weighted by molar-refractivity contribution is -0.118. The summed E-state index contributed by atoms with van der Waals surface area (Å²) < 4.78 is 2.90. The molecule has 0 N–H and O–H groups in total. The van der Waals surface area contributed by atoms with Gasteiger partial charge in [0.25, 0.3) is 0 Å². The van der Waals surface area contributed by atoms with Gasteiger partial charge in [-0.3, -0.25) is 4.79 Å². The van der Waals surface area contributed by atoms with Crippen molar-refractivity contribution in [3.8, 4) is 0 Å². The molecule has 2 rings (SSSR count). The fourth-order valence-electron chi connectivity index (χ4n) is 1.89. The quantitative estimate of drug-likeness (QED) is 0.757. The summed E-state index contributed by atoms with van der Waals surface area (Å²) in [6, 6.07) is 0. The van der Waals surface area contributed by atoms with Crippen molar-refractivity contribution in [1.29, 1.82) is 0 Å². The van der Waals surface area contributed by atoms with E-state index in [1.54, 1.807) is 13.3 Å². The maximum Gasteiger partial charge on any atom is 0.138 e. The monoisotopic (exact) mass is 242 g/mol. The zero-order chi connectivity index (χ0) is 9.42. The molecule has 0 saturated heterocycles. The molecule has 4 heteroatoms. The number of aryl methyl sites for hydroxylation is 1. The number of halogens is 1. The van der Waals surface area contributed by atoms with Crippen LogP contribution in [0, 0.1) is 0 Å². The van der Waals surface area contributed by atoms with Gasteiger partial charge in [-0.1, -0.05) is 0 Å². The van der Waals surface area contributed by atoms with E-state index in [0.29, 0.717) is 0 Å². The number of hydrogen-bond donors (Lipinski definition) is 0. The first-order valence-electron chi connectivity index (χ1n) is 4.41. The summed E-state index contributed by atoms with van der Waals surface area (Å²) >= 11 is 3.38. The number of carbonyl (C=O) groups is 1. The number of ketones is 1. The molecule has 0 fully saturated rings. The zero-order valence-electron chi connectivity index (χ0n) is 7.46. The van der Waals surface area contributed by atoms with Gasteiger partial charge in [0.15, 0.2) is 0 Å². The highest BCUT2D eigenvalue weighted by Gasteiger charge is 2.26.